The van der Waals surface area contributed by atoms with Crippen molar-refractivity contribution in [1.82, 2.24) is 5.32 Å². The second-order valence-corrected chi connectivity index (χ2v) is 7.63. The number of benzene rings is 2. The number of anilines is 2. The summed E-state index contributed by atoms with van der Waals surface area (Å²) in [4.78, 5) is 0.157. The Balaban J connectivity index is 2.19. The molecule has 0 aliphatic carbocycles. The van der Waals surface area contributed by atoms with Gasteiger partial charge in [-0.25, -0.2) is 8.42 Å². The molecule has 122 valence electrons. The second kappa shape index (κ2) is 7.76. The van der Waals surface area contributed by atoms with Crippen molar-refractivity contribution < 1.29 is 8.42 Å². The van der Waals surface area contributed by atoms with E-state index in [2.05, 4.69) is 31.3 Å². The van der Waals surface area contributed by atoms with Gasteiger partial charge in [-0.3, -0.25) is 4.72 Å². The van der Waals surface area contributed by atoms with E-state index < -0.39 is 10.0 Å². The lowest BCUT2D eigenvalue weighted by atomic mass is 10.3. The zero-order valence-corrected chi connectivity index (χ0v) is 15.6. The summed E-state index contributed by atoms with van der Waals surface area (Å²) in [6, 6.07) is 13.4. The third-order valence-electron chi connectivity index (χ3n) is 2.84. The first-order valence-corrected chi connectivity index (χ1v) is 9.52. The number of hydrogen-bond acceptors (Lipinski definition) is 3. The van der Waals surface area contributed by atoms with Crippen LogP contribution in [0.3, 0.4) is 0 Å². The molecule has 0 amide bonds. The van der Waals surface area contributed by atoms with Crippen LogP contribution in [0.4, 0.5) is 11.4 Å². The van der Waals surface area contributed by atoms with Crippen LogP contribution >= 0.6 is 28.1 Å². The van der Waals surface area contributed by atoms with Gasteiger partial charge in [0, 0.05) is 22.4 Å². The third-order valence-corrected chi connectivity index (χ3v) is 4.99. The van der Waals surface area contributed by atoms with Gasteiger partial charge in [-0.05, 0) is 61.6 Å². The van der Waals surface area contributed by atoms with Gasteiger partial charge in [0.1, 0.15) is 0 Å². The molecule has 2 aromatic rings. The predicted molar refractivity (Wildman–Crippen MR) is 101 cm³/mol. The standard InChI is InChI=1S/C15H16BrN3O2S2/c1-2-17-15(22)18-13-4-3-5-14(10-13)23(20,21)19-12-8-6-11(16)7-9-12/h3-10,19H,2H2,1H3,(H2,17,18,22). The fourth-order valence-electron chi connectivity index (χ4n) is 1.81. The molecule has 3 N–H and O–H groups in total. The van der Waals surface area contributed by atoms with Crippen molar-refractivity contribution in [3.05, 3.63) is 53.0 Å². The number of sulfonamides is 1. The summed E-state index contributed by atoms with van der Waals surface area (Å²) in [6.07, 6.45) is 0. The quantitative estimate of drug-likeness (QED) is 0.653. The lowest BCUT2D eigenvalue weighted by Gasteiger charge is -2.12. The first-order valence-electron chi connectivity index (χ1n) is 6.84. The molecule has 0 spiro atoms. The second-order valence-electron chi connectivity index (χ2n) is 4.62. The van der Waals surface area contributed by atoms with Crippen molar-refractivity contribution in [3.8, 4) is 0 Å². The molecule has 0 atom stereocenters. The van der Waals surface area contributed by atoms with Gasteiger partial charge in [-0.15, -0.1) is 0 Å². The van der Waals surface area contributed by atoms with Crippen LogP contribution < -0.4 is 15.4 Å². The lowest BCUT2D eigenvalue weighted by Crippen LogP contribution is -2.28. The number of thiocarbonyl (C=S) groups is 1. The Morgan fingerprint density at radius 1 is 1.13 bits per heavy atom. The number of hydrogen-bond donors (Lipinski definition) is 3. The van der Waals surface area contributed by atoms with Crippen LogP contribution in [0.15, 0.2) is 57.9 Å². The molecule has 0 unspecified atom stereocenters. The summed E-state index contributed by atoms with van der Waals surface area (Å²) in [5, 5.41) is 6.34. The van der Waals surface area contributed by atoms with E-state index in [1.165, 1.54) is 12.1 Å². The van der Waals surface area contributed by atoms with Crippen LogP contribution in [0.2, 0.25) is 0 Å². The summed E-state index contributed by atoms with van der Waals surface area (Å²) in [6.45, 7) is 2.62. The molecule has 0 radical (unpaired) electrons. The van der Waals surface area contributed by atoms with E-state index in [-0.39, 0.29) is 4.90 Å². The fraction of sp³-hybridized carbons (Fsp3) is 0.133. The molecular weight excluding hydrogens is 398 g/mol. The van der Waals surface area contributed by atoms with E-state index in [0.717, 1.165) is 4.47 Å². The summed E-state index contributed by atoms with van der Waals surface area (Å²) >= 11 is 8.41. The highest BCUT2D eigenvalue weighted by Crippen LogP contribution is 2.20. The molecule has 5 nitrogen and oxygen atoms in total. The van der Waals surface area contributed by atoms with Gasteiger partial charge in [-0.1, -0.05) is 22.0 Å². The number of nitrogens with one attached hydrogen (secondary N) is 3. The van der Waals surface area contributed by atoms with Gasteiger partial charge in [0.25, 0.3) is 10.0 Å². The SMILES string of the molecule is CCNC(=S)Nc1cccc(S(=O)(=O)Nc2ccc(Br)cc2)c1. The summed E-state index contributed by atoms with van der Waals surface area (Å²) in [5.74, 6) is 0. The molecule has 0 bridgehead atoms. The van der Waals surface area contributed by atoms with Crippen molar-refractivity contribution in [3.63, 3.8) is 0 Å². The molecule has 0 heterocycles. The van der Waals surface area contributed by atoms with E-state index in [0.29, 0.717) is 23.0 Å². The molecule has 2 aromatic carbocycles. The van der Waals surface area contributed by atoms with Gasteiger partial charge < -0.3 is 10.6 Å². The monoisotopic (exact) mass is 413 g/mol. The molecule has 0 saturated carbocycles. The highest BCUT2D eigenvalue weighted by Gasteiger charge is 2.14. The van der Waals surface area contributed by atoms with Crippen LogP contribution in [0.5, 0.6) is 0 Å². The summed E-state index contributed by atoms with van der Waals surface area (Å²) in [5.41, 5.74) is 1.10. The van der Waals surface area contributed by atoms with Crippen LogP contribution in [-0.4, -0.2) is 20.1 Å². The Kier molecular flexibility index (Phi) is 5.97. The molecular formula is C15H16BrN3O2S2. The molecule has 8 heteroatoms. The zero-order valence-electron chi connectivity index (χ0n) is 12.3. The van der Waals surface area contributed by atoms with E-state index in [1.54, 1.807) is 36.4 Å². The molecule has 0 fully saturated rings. The average Bonchev–Trinajstić information content (AvgIpc) is 2.50. The Bertz CT molecular complexity index is 793. The van der Waals surface area contributed by atoms with Gasteiger partial charge in [-0.2, -0.15) is 0 Å². The molecule has 0 saturated heterocycles. The minimum atomic E-state index is -3.67. The van der Waals surface area contributed by atoms with Crippen LogP contribution in [-0.2, 0) is 10.0 Å². The maximum Gasteiger partial charge on any atom is 0.261 e. The minimum Gasteiger partial charge on any atom is -0.363 e. The lowest BCUT2D eigenvalue weighted by molar-refractivity contribution is 0.601. The molecule has 23 heavy (non-hydrogen) atoms. The van der Waals surface area contributed by atoms with Crippen molar-refractivity contribution >= 4 is 54.7 Å². The Labute approximate surface area is 149 Å². The topological polar surface area (TPSA) is 70.2 Å². The molecule has 2 rings (SSSR count). The smallest absolute Gasteiger partial charge is 0.261 e. The van der Waals surface area contributed by atoms with E-state index >= 15 is 0 Å². The van der Waals surface area contributed by atoms with Crippen LogP contribution in [0, 0.1) is 0 Å². The average molecular weight is 414 g/mol. The maximum atomic E-state index is 12.5. The van der Waals surface area contributed by atoms with Gasteiger partial charge in [0.05, 0.1) is 4.90 Å². The third kappa shape index (κ3) is 5.19. The Morgan fingerprint density at radius 2 is 1.83 bits per heavy atom. The number of halogens is 1. The zero-order chi connectivity index (χ0) is 16.9. The molecule has 0 aliphatic rings. The largest absolute Gasteiger partial charge is 0.363 e. The van der Waals surface area contributed by atoms with Crippen LogP contribution in [0.1, 0.15) is 6.92 Å². The molecule has 0 aliphatic heterocycles. The van der Waals surface area contributed by atoms with Gasteiger partial charge in [0.2, 0.25) is 0 Å². The summed E-state index contributed by atoms with van der Waals surface area (Å²) < 4.78 is 28.3. The predicted octanol–water partition coefficient (Wildman–Crippen LogP) is 3.56. The van der Waals surface area contributed by atoms with Gasteiger partial charge >= 0.3 is 0 Å². The highest BCUT2D eigenvalue weighted by atomic mass is 79.9. The molecule has 0 aromatic heterocycles. The van der Waals surface area contributed by atoms with Crippen LogP contribution in [0.25, 0.3) is 0 Å². The minimum absolute atomic E-state index is 0.157. The van der Waals surface area contributed by atoms with Crippen molar-refractivity contribution in [2.75, 3.05) is 16.6 Å². The van der Waals surface area contributed by atoms with E-state index in [4.69, 9.17) is 12.2 Å². The first kappa shape index (κ1) is 17.7. The Morgan fingerprint density at radius 3 is 2.48 bits per heavy atom. The number of rotatable bonds is 5. The first-order chi connectivity index (χ1) is 10.9. The van der Waals surface area contributed by atoms with Gasteiger partial charge in [0.15, 0.2) is 5.11 Å². The van der Waals surface area contributed by atoms with Crippen molar-refractivity contribution in [2.45, 2.75) is 11.8 Å². The highest BCUT2D eigenvalue weighted by molar-refractivity contribution is 9.10. The normalized spacial score (nSPS) is 10.9. The van der Waals surface area contributed by atoms with E-state index in [9.17, 15) is 8.42 Å². The fourth-order valence-corrected chi connectivity index (χ4v) is 3.44. The van der Waals surface area contributed by atoms with Crippen molar-refractivity contribution in [2.24, 2.45) is 0 Å². The Hall–Kier alpha value is -1.64. The van der Waals surface area contributed by atoms with Crippen molar-refractivity contribution in [1.29, 1.82) is 0 Å². The summed E-state index contributed by atoms with van der Waals surface area (Å²) in [7, 11) is -3.67. The van der Waals surface area contributed by atoms with E-state index in [1.807, 2.05) is 6.92 Å². The maximum absolute atomic E-state index is 12.5.